The van der Waals surface area contributed by atoms with Crippen molar-refractivity contribution in [1.29, 1.82) is 0 Å². The molecule has 0 aliphatic rings. The number of H-pyrrole nitrogens is 1. The van der Waals surface area contributed by atoms with Gasteiger partial charge in [0, 0.05) is 18.3 Å². The van der Waals surface area contributed by atoms with Gasteiger partial charge in [0.2, 0.25) is 5.91 Å². The van der Waals surface area contributed by atoms with E-state index >= 15 is 0 Å². The molecule has 1 amide bonds. The number of para-hydroxylation sites is 1. The summed E-state index contributed by atoms with van der Waals surface area (Å²) >= 11 is 6.14. The minimum Gasteiger partial charge on any atom is -0.380 e. The van der Waals surface area contributed by atoms with Crippen LogP contribution in [0.2, 0.25) is 5.02 Å². The number of halogens is 1. The topological polar surface area (TPSA) is 70.9 Å². The first kappa shape index (κ1) is 13.5. The Morgan fingerprint density at radius 2 is 2.10 bits per heavy atom. The fraction of sp³-hybridized carbons (Fsp3) is 0.0625. The van der Waals surface area contributed by atoms with Crippen molar-refractivity contribution in [1.82, 2.24) is 4.98 Å². The van der Waals surface area contributed by atoms with Gasteiger partial charge in [0.1, 0.15) is 0 Å². The average Bonchev–Trinajstić information content (AvgIpc) is 2.95. The van der Waals surface area contributed by atoms with E-state index in [-0.39, 0.29) is 0 Å². The molecule has 0 saturated carbocycles. The molecule has 21 heavy (non-hydrogen) atoms. The summed E-state index contributed by atoms with van der Waals surface area (Å²) in [7, 11) is 0. The van der Waals surface area contributed by atoms with Crippen molar-refractivity contribution >= 4 is 34.1 Å². The highest BCUT2D eigenvalue weighted by Gasteiger charge is 2.07. The maximum Gasteiger partial charge on any atom is 0.248 e. The molecule has 0 saturated heterocycles. The van der Waals surface area contributed by atoms with Crippen LogP contribution in [0.3, 0.4) is 0 Å². The maximum absolute atomic E-state index is 11.2. The monoisotopic (exact) mass is 299 g/mol. The Kier molecular flexibility index (Phi) is 3.54. The maximum atomic E-state index is 11.2. The standard InChI is InChI=1S/C16H14ClN3O/c17-13-5-4-11(16(18)21)8-14(13)20-9-12-3-1-2-10-6-7-19-15(10)12/h1-8,19-20H,9H2,(H2,18,21). The molecule has 0 radical (unpaired) electrons. The number of nitrogens with one attached hydrogen (secondary N) is 2. The molecule has 4 nitrogen and oxygen atoms in total. The minimum atomic E-state index is -0.471. The number of nitrogens with two attached hydrogens (primary N) is 1. The minimum absolute atomic E-state index is 0.431. The Bertz CT molecular complexity index is 810. The van der Waals surface area contributed by atoms with Crippen LogP contribution in [0.5, 0.6) is 0 Å². The van der Waals surface area contributed by atoms with Gasteiger partial charge in [0.25, 0.3) is 0 Å². The smallest absolute Gasteiger partial charge is 0.248 e. The van der Waals surface area contributed by atoms with Gasteiger partial charge in [-0.25, -0.2) is 0 Å². The van der Waals surface area contributed by atoms with Gasteiger partial charge >= 0.3 is 0 Å². The van der Waals surface area contributed by atoms with E-state index in [4.69, 9.17) is 17.3 Å². The molecule has 3 aromatic rings. The molecular formula is C16H14ClN3O. The van der Waals surface area contributed by atoms with E-state index in [1.165, 1.54) is 0 Å². The second-order valence-corrected chi connectivity index (χ2v) is 5.18. The van der Waals surface area contributed by atoms with Crippen LogP contribution >= 0.6 is 11.6 Å². The van der Waals surface area contributed by atoms with Crippen molar-refractivity contribution in [2.24, 2.45) is 5.73 Å². The highest BCUT2D eigenvalue weighted by Crippen LogP contribution is 2.25. The third-order valence-electron chi connectivity index (χ3n) is 3.39. The highest BCUT2D eigenvalue weighted by atomic mass is 35.5. The van der Waals surface area contributed by atoms with Gasteiger partial charge < -0.3 is 16.0 Å². The van der Waals surface area contributed by atoms with Crippen LogP contribution in [0, 0.1) is 0 Å². The van der Waals surface area contributed by atoms with Crippen molar-refractivity contribution in [3.05, 3.63) is 64.8 Å². The fourth-order valence-corrected chi connectivity index (χ4v) is 2.49. The predicted octanol–water partition coefficient (Wildman–Crippen LogP) is 3.53. The Morgan fingerprint density at radius 1 is 1.24 bits per heavy atom. The lowest BCUT2D eigenvalue weighted by molar-refractivity contribution is 0.100. The zero-order chi connectivity index (χ0) is 14.8. The molecular weight excluding hydrogens is 286 g/mol. The summed E-state index contributed by atoms with van der Waals surface area (Å²) in [6.07, 6.45) is 1.91. The van der Waals surface area contributed by atoms with Crippen LogP contribution in [-0.2, 0) is 6.54 Å². The van der Waals surface area contributed by atoms with Gasteiger partial charge in [-0.1, -0.05) is 29.8 Å². The van der Waals surface area contributed by atoms with Gasteiger partial charge in [-0.05, 0) is 35.2 Å². The second kappa shape index (κ2) is 5.50. The number of primary amides is 1. The van der Waals surface area contributed by atoms with Gasteiger partial charge in [-0.15, -0.1) is 0 Å². The third kappa shape index (κ3) is 2.71. The van der Waals surface area contributed by atoms with Gasteiger partial charge in [-0.2, -0.15) is 0 Å². The molecule has 0 bridgehead atoms. The van der Waals surface area contributed by atoms with Crippen LogP contribution in [0.15, 0.2) is 48.7 Å². The van der Waals surface area contributed by atoms with Crippen molar-refractivity contribution in [3.8, 4) is 0 Å². The molecule has 0 atom stereocenters. The fourth-order valence-electron chi connectivity index (χ4n) is 2.30. The molecule has 0 aliphatic carbocycles. The van der Waals surface area contributed by atoms with E-state index in [0.717, 1.165) is 16.5 Å². The number of aromatic amines is 1. The Hall–Kier alpha value is -2.46. The first-order valence-corrected chi connectivity index (χ1v) is 6.91. The average molecular weight is 300 g/mol. The molecule has 1 aromatic heterocycles. The number of amides is 1. The lowest BCUT2D eigenvalue weighted by Crippen LogP contribution is -2.11. The Balaban J connectivity index is 1.86. The lowest BCUT2D eigenvalue weighted by atomic mass is 10.1. The summed E-state index contributed by atoms with van der Waals surface area (Å²) in [6, 6.07) is 13.1. The third-order valence-corrected chi connectivity index (χ3v) is 3.72. The molecule has 0 fully saturated rings. The van der Waals surface area contributed by atoms with E-state index in [2.05, 4.69) is 16.4 Å². The van der Waals surface area contributed by atoms with Crippen LogP contribution < -0.4 is 11.1 Å². The van der Waals surface area contributed by atoms with E-state index in [1.807, 2.05) is 24.4 Å². The molecule has 106 valence electrons. The predicted molar refractivity (Wildman–Crippen MR) is 85.6 cm³/mol. The van der Waals surface area contributed by atoms with Gasteiger partial charge in [-0.3, -0.25) is 4.79 Å². The van der Waals surface area contributed by atoms with Crippen molar-refractivity contribution < 1.29 is 4.79 Å². The summed E-state index contributed by atoms with van der Waals surface area (Å²) < 4.78 is 0. The molecule has 4 N–H and O–H groups in total. The van der Waals surface area contributed by atoms with Crippen LogP contribution in [-0.4, -0.2) is 10.9 Å². The first-order valence-electron chi connectivity index (χ1n) is 6.53. The molecule has 0 unspecified atom stereocenters. The number of rotatable bonds is 4. The molecule has 0 spiro atoms. The summed E-state index contributed by atoms with van der Waals surface area (Å²) in [5, 5.41) is 4.96. The molecule has 1 heterocycles. The zero-order valence-electron chi connectivity index (χ0n) is 11.2. The van der Waals surface area contributed by atoms with Gasteiger partial charge in [0.05, 0.1) is 16.2 Å². The van der Waals surface area contributed by atoms with Crippen molar-refractivity contribution in [2.75, 3.05) is 5.32 Å². The normalized spacial score (nSPS) is 10.7. The summed E-state index contributed by atoms with van der Waals surface area (Å²) in [4.78, 5) is 14.4. The van der Waals surface area contributed by atoms with E-state index < -0.39 is 5.91 Å². The Labute approximate surface area is 126 Å². The van der Waals surface area contributed by atoms with Gasteiger partial charge in [0.15, 0.2) is 0 Å². The molecule has 0 aliphatic heterocycles. The number of aromatic nitrogens is 1. The Morgan fingerprint density at radius 3 is 2.90 bits per heavy atom. The van der Waals surface area contributed by atoms with Crippen molar-refractivity contribution in [3.63, 3.8) is 0 Å². The number of benzene rings is 2. The van der Waals surface area contributed by atoms with Crippen molar-refractivity contribution in [2.45, 2.75) is 6.54 Å². The van der Waals surface area contributed by atoms with Crippen LogP contribution in [0.25, 0.3) is 10.9 Å². The van der Waals surface area contributed by atoms with E-state index in [0.29, 0.717) is 22.8 Å². The number of anilines is 1. The molecule has 3 rings (SSSR count). The van der Waals surface area contributed by atoms with Crippen LogP contribution in [0.4, 0.5) is 5.69 Å². The number of fused-ring (bicyclic) bond motifs is 1. The number of carbonyl (C=O) groups excluding carboxylic acids is 1. The second-order valence-electron chi connectivity index (χ2n) is 4.77. The number of carbonyl (C=O) groups is 1. The number of hydrogen-bond acceptors (Lipinski definition) is 2. The summed E-state index contributed by atoms with van der Waals surface area (Å²) in [5.74, 6) is -0.471. The number of hydrogen-bond donors (Lipinski definition) is 3. The largest absolute Gasteiger partial charge is 0.380 e. The summed E-state index contributed by atoms with van der Waals surface area (Å²) in [6.45, 7) is 0.597. The molecule has 2 aromatic carbocycles. The zero-order valence-corrected chi connectivity index (χ0v) is 11.9. The van der Waals surface area contributed by atoms with Crippen LogP contribution in [0.1, 0.15) is 15.9 Å². The van der Waals surface area contributed by atoms with E-state index in [1.54, 1.807) is 18.2 Å². The highest BCUT2D eigenvalue weighted by molar-refractivity contribution is 6.33. The summed E-state index contributed by atoms with van der Waals surface area (Å²) in [5.41, 5.74) is 8.62. The molecule has 5 heteroatoms. The SMILES string of the molecule is NC(=O)c1ccc(Cl)c(NCc2cccc3cc[nH]c23)c1. The first-order chi connectivity index (χ1) is 10.1. The van der Waals surface area contributed by atoms with E-state index in [9.17, 15) is 4.79 Å². The lowest BCUT2D eigenvalue weighted by Gasteiger charge is -2.10. The quantitative estimate of drug-likeness (QED) is 0.689.